The molecule has 21 heavy (non-hydrogen) atoms. The standard InChI is InChI=1S/C14H13BrClNO3S/c1-9-3-5-12(13(7-9)20-2)17-21(18,19)14-6-4-10(15)8-11(14)16/h3-8,17H,1-2H3. The number of halogens is 2. The van der Waals surface area contributed by atoms with Crippen LogP contribution in [0.2, 0.25) is 5.02 Å². The van der Waals surface area contributed by atoms with Crippen molar-refractivity contribution in [3.8, 4) is 5.75 Å². The summed E-state index contributed by atoms with van der Waals surface area (Å²) >= 11 is 9.24. The third-order valence-corrected chi connectivity index (χ3v) is 5.13. The van der Waals surface area contributed by atoms with Gasteiger partial charge in [0.15, 0.2) is 0 Å². The van der Waals surface area contributed by atoms with Crippen molar-refractivity contribution >= 4 is 43.2 Å². The van der Waals surface area contributed by atoms with Crippen molar-refractivity contribution in [1.82, 2.24) is 0 Å². The Hall–Kier alpha value is -1.24. The van der Waals surface area contributed by atoms with E-state index >= 15 is 0 Å². The molecule has 112 valence electrons. The molecule has 0 aliphatic rings. The molecule has 0 amide bonds. The molecule has 0 fully saturated rings. The van der Waals surface area contributed by atoms with Gasteiger partial charge in [-0.2, -0.15) is 0 Å². The summed E-state index contributed by atoms with van der Waals surface area (Å²) in [5, 5.41) is 0.142. The van der Waals surface area contributed by atoms with Gasteiger partial charge in [0.2, 0.25) is 0 Å². The van der Waals surface area contributed by atoms with E-state index in [1.54, 1.807) is 24.3 Å². The van der Waals surface area contributed by atoms with E-state index in [1.807, 2.05) is 6.92 Å². The average Bonchev–Trinajstić information content (AvgIpc) is 2.40. The smallest absolute Gasteiger partial charge is 0.263 e. The zero-order chi connectivity index (χ0) is 15.6. The highest BCUT2D eigenvalue weighted by molar-refractivity contribution is 9.10. The van der Waals surface area contributed by atoms with Gasteiger partial charge in [-0.05, 0) is 42.8 Å². The first-order valence-electron chi connectivity index (χ1n) is 5.96. The maximum absolute atomic E-state index is 12.4. The molecular formula is C14H13BrClNO3S. The lowest BCUT2D eigenvalue weighted by atomic mass is 10.2. The molecule has 0 saturated heterocycles. The number of methoxy groups -OCH3 is 1. The number of benzene rings is 2. The van der Waals surface area contributed by atoms with Crippen molar-refractivity contribution in [3.63, 3.8) is 0 Å². The Morgan fingerprint density at radius 1 is 1.19 bits per heavy atom. The molecule has 0 aromatic heterocycles. The van der Waals surface area contributed by atoms with Gasteiger partial charge in [0.05, 0.1) is 17.8 Å². The minimum atomic E-state index is -3.79. The van der Waals surface area contributed by atoms with Crippen molar-refractivity contribution in [2.75, 3.05) is 11.8 Å². The van der Waals surface area contributed by atoms with Gasteiger partial charge in [-0.1, -0.05) is 33.6 Å². The zero-order valence-electron chi connectivity index (χ0n) is 11.4. The molecule has 4 nitrogen and oxygen atoms in total. The summed E-state index contributed by atoms with van der Waals surface area (Å²) in [6.45, 7) is 1.90. The van der Waals surface area contributed by atoms with Crippen LogP contribution in [0.3, 0.4) is 0 Å². The molecule has 0 saturated carbocycles. The molecule has 1 N–H and O–H groups in total. The Morgan fingerprint density at radius 2 is 1.90 bits per heavy atom. The third-order valence-electron chi connectivity index (χ3n) is 2.78. The van der Waals surface area contributed by atoms with E-state index < -0.39 is 10.0 Å². The number of aryl methyl sites for hydroxylation is 1. The Balaban J connectivity index is 2.42. The molecule has 0 atom stereocenters. The fraction of sp³-hybridized carbons (Fsp3) is 0.143. The van der Waals surface area contributed by atoms with Gasteiger partial charge in [0, 0.05) is 4.47 Å². The molecule has 0 bridgehead atoms. The summed E-state index contributed by atoms with van der Waals surface area (Å²) in [7, 11) is -2.30. The molecule has 2 aromatic rings. The fourth-order valence-corrected chi connectivity index (χ4v) is 3.88. The maximum atomic E-state index is 12.4. The molecule has 0 unspecified atom stereocenters. The lowest BCUT2D eigenvalue weighted by Crippen LogP contribution is -2.14. The van der Waals surface area contributed by atoms with E-state index in [0.29, 0.717) is 15.9 Å². The van der Waals surface area contributed by atoms with E-state index in [4.69, 9.17) is 16.3 Å². The first-order valence-corrected chi connectivity index (χ1v) is 8.61. The monoisotopic (exact) mass is 389 g/mol. The zero-order valence-corrected chi connectivity index (χ0v) is 14.5. The Bertz CT molecular complexity index is 778. The number of nitrogens with one attached hydrogen (secondary N) is 1. The summed E-state index contributed by atoms with van der Waals surface area (Å²) in [6, 6.07) is 9.79. The first-order chi connectivity index (χ1) is 9.83. The second-order valence-corrected chi connectivity index (χ2v) is 7.36. The van der Waals surface area contributed by atoms with Gasteiger partial charge in [0.25, 0.3) is 10.0 Å². The Kier molecular flexibility index (Phi) is 4.81. The lowest BCUT2D eigenvalue weighted by molar-refractivity contribution is 0.416. The molecule has 2 aromatic carbocycles. The van der Waals surface area contributed by atoms with Crippen molar-refractivity contribution < 1.29 is 13.2 Å². The average molecular weight is 391 g/mol. The van der Waals surface area contributed by atoms with Crippen LogP contribution in [0, 0.1) is 6.92 Å². The highest BCUT2D eigenvalue weighted by atomic mass is 79.9. The van der Waals surface area contributed by atoms with Crippen LogP contribution in [0.1, 0.15) is 5.56 Å². The molecule has 2 rings (SSSR count). The molecule has 7 heteroatoms. The highest BCUT2D eigenvalue weighted by Crippen LogP contribution is 2.30. The first kappa shape index (κ1) is 16.1. The van der Waals surface area contributed by atoms with E-state index in [9.17, 15) is 8.42 Å². The van der Waals surface area contributed by atoms with Crippen LogP contribution in [0.25, 0.3) is 0 Å². The van der Waals surface area contributed by atoms with Crippen LogP contribution in [0.5, 0.6) is 5.75 Å². The van der Waals surface area contributed by atoms with Crippen LogP contribution < -0.4 is 9.46 Å². The topological polar surface area (TPSA) is 55.4 Å². The van der Waals surface area contributed by atoms with E-state index in [-0.39, 0.29) is 9.92 Å². The number of rotatable bonds is 4. The predicted octanol–water partition coefficient (Wildman–Crippen LogP) is 4.22. The molecule has 0 aliphatic heterocycles. The van der Waals surface area contributed by atoms with Gasteiger partial charge < -0.3 is 4.74 Å². The summed E-state index contributed by atoms with van der Waals surface area (Å²) in [6.07, 6.45) is 0. The summed E-state index contributed by atoms with van der Waals surface area (Å²) in [5.41, 5.74) is 1.33. The lowest BCUT2D eigenvalue weighted by Gasteiger charge is -2.13. The quantitative estimate of drug-likeness (QED) is 0.850. The van der Waals surface area contributed by atoms with Crippen LogP contribution in [-0.4, -0.2) is 15.5 Å². The third kappa shape index (κ3) is 3.70. The molecular weight excluding hydrogens is 378 g/mol. The number of anilines is 1. The maximum Gasteiger partial charge on any atom is 0.263 e. The van der Waals surface area contributed by atoms with E-state index in [2.05, 4.69) is 20.7 Å². The summed E-state index contributed by atoms with van der Waals surface area (Å²) in [5.74, 6) is 0.451. The second-order valence-electron chi connectivity index (χ2n) is 4.38. The second kappa shape index (κ2) is 6.25. The van der Waals surface area contributed by atoms with Crippen LogP contribution in [0.15, 0.2) is 45.8 Å². The Morgan fingerprint density at radius 3 is 2.52 bits per heavy atom. The van der Waals surface area contributed by atoms with Crippen LogP contribution >= 0.6 is 27.5 Å². The minimum Gasteiger partial charge on any atom is -0.495 e. The van der Waals surface area contributed by atoms with Crippen LogP contribution in [0.4, 0.5) is 5.69 Å². The van der Waals surface area contributed by atoms with Gasteiger partial charge in [-0.3, -0.25) is 4.72 Å². The van der Waals surface area contributed by atoms with Crippen molar-refractivity contribution in [1.29, 1.82) is 0 Å². The van der Waals surface area contributed by atoms with E-state index in [1.165, 1.54) is 19.2 Å². The summed E-state index contributed by atoms with van der Waals surface area (Å²) in [4.78, 5) is 0.00925. The van der Waals surface area contributed by atoms with Gasteiger partial charge >= 0.3 is 0 Å². The van der Waals surface area contributed by atoms with Crippen molar-refractivity contribution in [2.24, 2.45) is 0 Å². The normalized spacial score (nSPS) is 11.2. The van der Waals surface area contributed by atoms with E-state index in [0.717, 1.165) is 5.56 Å². The molecule has 0 heterocycles. The number of sulfonamides is 1. The Labute approximate surface area is 137 Å². The molecule has 0 spiro atoms. The largest absolute Gasteiger partial charge is 0.495 e. The van der Waals surface area contributed by atoms with Crippen LogP contribution in [-0.2, 0) is 10.0 Å². The summed E-state index contributed by atoms with van der Waals surface area (Å²) < 4.78 is 33.2. The van der Waals surface area contributed by atoms with Gasteiger partial charge in [-0.25, -0.2) is 8.42 Å². The van der Waals surface area contributed by atoms with Crippen molar-refractivity contribution in [3.05, 3.63) is 51.5 Å². The molecule has 0 aliphatic carbocycles. The van der Waals surface area contributed by atoms with Gasteiger partial charge in [-0.15, -0.1) is 0 Å². The number of ether oxygens (including phenoxy) is 1. The van der Waals surface area contributed by atoms with Gasteiger partial charge in [0.1, 0.15) is 10.6 Å². The van der Waals surface area contributed by atoms with Crippen molar-refractivity contribution in [2.45, 2.75) is 11.8 Å². The number of hydrogen-bond donors (Lipinski definition) is 1. The SMILES string of the molecule is COc1cc(C)ccc1NS(=O)(=O)c1ccc(Br)cc1Cl. The highest BCUT2D eigenvalue weighted by Gasteiger charge is 2.19. The predicted molar refractivity (Wildman–Crippen MR) is 87.7 cm³/mol. The molecule has 0 radical (unpaired) electrons. The fourth-order valence-electron chi connectivity index (χ4n) is 1.78. The minimum absolute atomic E-state index is 0.00925. The number of hydrogen-bond acceptors (Lipinski definition) is 3.